The Balaban J connectivity index is 1.25. The Morgan fingerprint density at radius 1 is 0.781 bits per heavy atom. The molecule has 32 heavy (non-hydrogen) atoms. The van der Waals surface area contributed by atoms with Gasteiger partial charge in [0.25, 0.3) is 0 Å². The number of rotatable bonds is 4. The lowest BCUT2D eigenvalue weighted by atomic mass is 9.80. The van der Waals surface area contributed by atoms with Gasteiger partial charge in [-0.25, -0.2) is 0 Å². The highest BCUT2D eigenvalue weighted by molar-refractivity contribution is 6.30. The monoisotopic (exact) mass is 444 g/mol. The van der Waals surface area contributed by atoms with Crippen LogP contribution in [-0.4, -0.2) is 29.0 Å². The molecule has 1 saturated carbocycles. The summed E-state index contributed by atoms with van der Waals surface area (Å²) in [6.45, 7) is 5.01. The van der Waals surface area contributed by atoms with Gasteiger partial charge in [-0.15, -0.1) is 0 Å². The topological polar surface area (TPSA) is 16.1 Å². The predicted molar refractivity (Wildman–Crippen MR) is 135 cm³/mol. The minimum absolute atomic E-state index is 0.697. The Labute approximate surface area is 197 Å². The van der Waals surface area contributed by atoms with Gasteiger partial charge < -0.3 is 4.90 Å². The van der Waals surface area contributed by atoms with Crippen molar-refractivity contribution < 1.29 is 0 Å². The Morgan fingerprint density at radius 3 is 2.16 bits per heavy atom. The van der Waals surface area contributed by atoms with Crippen molar-refractivity contribution in [2.75, 3.05) is 13.1 Å². The van der Waals surface area contributed by atoms with Crippen LogP contribution in [-0.2, 0) is 0 Å². The van der Waals surface area contributed by atoms with Crippen LogP contribution in [0.4, 0.5) is 0 Å². The van der Waals surface area contributed by atoms with Crippen LogP contribution in [0.3, 0.4) is 0 Å². The van der Waals surface area contributed by atoms with E-state index in [1.54, 1.807) is 0 Å². The Kier molecular flexibility index (Phi) is 6.62. The van der Waals surface area contributed by atoms with Gasteiger partial charge in [-0.1, -0.05) is 67.4 Å². The third-order valence-corrected chi connectivity index (χ3v) is 7.85. The minimum atomic E-state index is 0.697. The molecule has 0 spiro atoms. The molecule has 2 atom stereocenters. The molecule has 2 aromatic carbocycles. The standard InChI is InChI=1S/C29H33ClN2/c1-21-15-17-32(18-16-21)28-4-2-3-25(19-28)22-5-7-24(8-6-22)29-14-11-26(20-31-29)23-9-12-27(30)13-10-23/h5-14,20-21,25,28H,2-4,15-19H2,1H3. The fourth-order valence-corrected chi connectivity index (χ4v) is 5.62. The molecule has 2 aliphatic rings. The molecular formula is C29H33ClN2. The van der Waals surface area contributed by atoms with Crippen molar-refractivity contribution in [2.45, 2.75) is 57.4 Å². The molecule has 0 N–H and O–H groups in total. The summed E-state index contributed by atoms with van der Waals surface area (Å²) in [5, 5.41) is 0.758. The molecule has 0 amide bonds. The van der Waals surface area contributed by atoms with Gasteiger partial charge in [-0.05, 0) is 86.4 Å². The second-order valence-corrected chi connectivity index (χ2v) is 10.2. The van der Waals surface area contributed by atoms with E-state index in [0.29, 0.717) is 5.92 Å². The number of hydrogen-bond acceptors (Lipinski definition) is 2. The molecular weight excluding hydrogens is 412 g/mol. The van der Waals surface area contributed by atoms with E-state index in [-0.39, 0.29) is 0 Å². The van der Waals surface area contributed by atoms with Gasteiger partial charge in [0.15, 0.2) is 0 Å². The number of aromatic nitrogens is 1. The third kappa shape index (κ3) is 4.92. The number of benzene rings is 2. The minimum Gasteiger partial charge on any atom is -0.300 e. The fraction of sp³-hybridized carbons (Fsp3) is 0.414. The van der Waals surface area contributed by atoms with Crippen molar-refractivity contribution >= 4 is 11.6 Å². The second-order valence-electron chi connectivity index (χ2n) is 9.80. The molecule has 2 unspecified atom stereocenters. The zero-order valence-corrected chi connectivity index (χ0v) is 19.8. The molecule has 1 aliphatic carbocycles. The SMILES string of the molecule is CC1CCN(C2CCCC(c3ccc(-c4ccc(-c5ccc(Cl)cc5)cn4)cc3)C2)CC1. The maximum atomic E-state index is 6.01. The third-order valence-electron chi connectivity index (χ3n) is 7.60. The van der Waals surface area contributed by atoms with E-state index in [1.807, 2.05) is 30.5 Å². The first kappa shape index (κ1) is 21.7. The number of piperidine rings is 1. The Hall–Kier alpha value is -2.16. The Morgan fingerprint density at radius 2 is 1.47 bits per heavy atom. The van der Waals surface area contributed by atoms with Crippen molar-refractivity contribution in [1.29, 1.82) is 0 Å². The highest BCUT2D eigenvalue weighted by Gasteiger charge is 2.29. The van der Waals surface area contributed by atoms with E-state index >= 15 is 0 Å². The van der Waals surface area contributed by atoms with Gasteiger partial charge >= 0.3 is 0 Å². The van der Waals surface area contributed by atoms with E-state index in [2.05, 4.69) is 48.2 Å². The lowest BCUT2D eigenvalue weighted by Crippen LogP contribution is -2.43. The maximum absolute atomic E-state index is 6.01. The zero-order chi connectivity index (χ0) is 21.9. The van der Waals surface area contributed by atoms with Crippen LogP contribution in [0, 0.1) is 5.92 Å². The van der Waals surface area contributed by atoms with Crippen LogP contribution in [0.5, 0.6) is 0 Å². The van der Waals surface area contributed by atoms with Crippen LogP contribution < -0.4 is 0 Å². The summed E-state index contributed by atoms with van der Waals surface area (Å²) >= 11 is 6.01. The molecule has 3 aromatic rings. The van der Waals surface area contributed by atoms with Crippen molar-refractivity contribution in [3.8, 4) is 22.4 Å². The molecule has 166 valence electrons. The number of nitrogens with zero attached hydrogens (tertiary/aromatic N) is 2. The number of likely N-dealkylation sites (tertiary alicyclic amines) is 1. The molecule has 5 rings (SSSR count). The quantitative estimate of drug-likeness (QED) is 0.407. The lowest BCUT2D eigenvalue weighted by Gasteiger charge is -2.41. The molecule has 2 nitrogen and oxygen atoms in total. The fourth-order valence-electron chi connectivity index (χ4n) is 5.50. The van der Waals surface area contributed by atoms with Gasteiger partial charge in [0.05, 0.1) is 5.69 Å². The van der Waals surface area contributed by atoms with Gasteiger partial charge in [0.1, 0.15) is 0 Å². The number of pyridine rings is 1. The summed E-state index contributed by atoms with van der Waals surface area (Å²) < 4.78 is 0. The molecule has 2 fully saturated rings. The van der Waals surface area contributed by atoms with E-state index in [1.165, 1.54) is 62.7 Å². The van der Waals surface area contributed by atoms with Crippen molar-refractivity contribution in [2.24, 2.45) is 5.92 Å². The summed E-state index contributed by atoms with van der Waals surface area (Å²) in [4.78, 5) is 7.51. The largest absolute Gasteiger partial charge is 0.300 e. The van der Waals surface area contributed by atoms with Gasteiger partial charge in [-0.2, -0.15) is 0 Å². The van der Waals surface area contributed by atoms with E-state index in [9.17, 15) is 0 Å². The first-order valence-electron chi connectivity index (χ1n) is 12.2. The summed E-state index contributed by atoms with van der Waals surface area (Å²) in [7, 11) is 0. The van der Waals surface area contributed by atoms with Crippen LogP contribution in [0.15, 0.2) is 66.9 Å². The average molecular weight is 445 g/mol. The first-order chi connectivity index (χ1) is 15.7. The molecule has 1 aliphatic heterocycles. The van der Waals surface area contributed by atoms with Crippen LogP contribution in [0.1, 0.15) is 56.9 Å². The predicted octanol–water partition coefficient (Wildman–Crippen LogP) is 7.83. The maximum Gasteiger partial charge on any atom is 0.0702 e. The molecule has 2 heterocycles. The number of halogens is 1. The molecule has 3 heteroatoms. The smallest absolute Gasteiger partial charge is 0.0702 e. The highest BCUT2D eigenvalue weighted by Crippen LogP contribution is 2.37. The summed E-state index contributed by atoms with van der Waals surface area (Å²) in [6, 6.07) is 22.2. The Bertz CT molecular complexity index is 1000. The van der Waals surface area contributed by atoms with Gasteiger partial charge in [0, 0.05) is 28.4 Å². The normalized spacial score (nSPS) is 22.7. The van der Waals surface area contributed by atoms with Crippen molar-refractivity contribution in [1.82, 2.24) is 9.88 Å². The van der Waals surface area contributed by atoms with Crippen LogP contribution in [0.25, 0.3) is 22.4 Å². The molecule has 0 radical (unpaired) electrons. The molecule has 0 bridgehead atoms. The number of hydrogen-bond donors (Lipinski definition) is 0. The zero-order valence-electron chi connectivity index (χ0n) is 19.0. The van der Waals surface area contributed by atoms with E-state index in [0.717, 1.165) is 33.8 Å². The van der Waals surface area contributed by atoms with Crippen molar-refractivity contribution in [3.05, 3.63) is 77.4 Å². The van der Waals surface area contributed by atoms with Crippen LogP contribution >= 0.6 is 11.6 Å². The second kappa shape index (κ2) is 9.77. The average Bonchev–Trinajstić information content (AvgIpc) is 2.85. The summed E-state index contributed by atoms with van der Waals surface area (Å²) in [6.07, 6.45) is 10.1. The van der Waals surface area contributed by atoms with E-state index in [4.69, 9.17) is 16.6 Å². The first-order valence-corrected chi connectivity index (χ1v) is 12.6. The summed E-state index contributed by atoms with van der Waals surface area (Å²) in [5.41, 5.74) is 5.97. The van der Waals surface area contributed by atoms with Gasteiger partial charge in [-0.3, -0.25) is 4.98 Å². The molecule has 1 saturated heterocycles. The van der Waals surface area contributed by atoms with Crippen molar-refractivity contribution in [3.63, 3.8) is 0 Å². The summed E-state index contributed by atoms with van der Waals surface area (Å²) in [5.74, 6) is 1.61. The molecule has 1 aromatic heterocycles. The van der Waals surface area contributed by atoms with E-state index < -0.39 is 0 Å². The van der Waals surface area contributed by atoms with Gasteiger partial charge in [0.2, 0.25) is 0 Å². The highest BCUT2D eigenvalue weighted by atomic mass is 35.5. The van der Waals surface area contributed by atoms with Crippen LogP contribution in [0.2, 0.25) is 5.02 Å². The lowest BCUT2D eigenvalue weighted by molar-refractivity contribution is 0.105.